The molecule has 0 aliphatic rings. The molecule has 0 amide bonds. The first-order valence-electron chi connectivity index (χ1n) is 4.97. The standard InChI is InChI=1S/C12H19NO/c1-10(13-14-12(2,3)4)11-8-6-5-7-9-11/h5-10,13H,1-4H3. The van der Waals surface area contributed by atoms with E-state index in [1.807, 2.05) is 39.0 Å². The first-order valence-corrected chi connectivity index (χ1v) is 4.97. The predicted octanol–water partition coefficient (Wildman–Crippen LogP) is 3.07. The molecule has 0 saturated heterocycles. The summed E-state index contributed by atoms with van der Waals surface area (Å²) in [5, 5.41) is 0. The summed E-state index contributed by atoms with van der Waals surface area (Å²) in [5.74, 6) is 0. The molecule has 0 saturated carbocycles. The van der Waals surface area contributed by atoms with Gasteiger partial charge in [-0.15, -0.1) is 0 Å². The van der Waals surface area contributed by atoms with Crippen LogP contribution in [0, 0.1) is 0 Å². The zero-order valence-corrected chi connectivity index (χ0v) is 9.37. The van der Waals surface area contributed by atoms with Crippen molar-refractivity contribution in [3.05, 3.63) is 35.9 Å². The SMILES string of the molecule is CC(NOC(C)(C)C)c1ccccc1. The molecule has 0 radical (unpaired) electrons. The van der Waals surface area contributed by atoms with Crippen molar-refractivity contribution in [1.29, 1.82) is 0 Å². The average molecular weight is 193 g/mol. The molecule has 0 fully saturated rings. The second-order valence-electron chi connectivity index (χ2n) is 4.46. The summed E-state index contributed by atoms with van der Waals surface area (Å²) in [6.45, 7) is 8.16. The molecule has 1 atom stereocenters. The monoisotopic (exact) mass is 193 g/mol. The zero-order chi connectivity index (χ0) is 10.6. The van der Waals surface area contributed by atoms with Gasteiger partial charge in [0.15, 0.2) is 0 Å². The van der Waals surface area contributed by atoms with Crippen LogP contribution < -0.4 is 5.48 Å². The molecule has 2 heteroatoms. The third kappa shape index (κ3) is 3.90. The van der Waals surface area contributed by atoms with Crippen LogP contribution in [0.5, 0.6) is 0 Å². The Kier molecular flexibility index (Phi) is 3.67. The summed E-state index contributed by atoms with van der Waals surface area (Å²) < 4.78 is 0. The van der Waals surface area contributed by atoms with E-state index in [4.69, 9.17) is 4.84 Å². The fourth-order valence-corrected chi connectivity index (χ4v) is 1.07. The lowest BCUT2D eigenvalue weighted by Gasteiger charge is -2.23. The minimum Gasteiger partial charge on any atom is -0.296 e. The average Bonchev–Trinajstić information content (AvgIpc) is 2.14. The fraction of sp³-hybridized carbons (Fsp3) is 0.500. The lowest BCUT2D eigenvalue weighted by molar-refractivity contribution is -0.0866. The number of rotatable bonds is 3. The van der Waals surface area contributed by atoms with E-state index in [1.165, 1.54) is 5.56 Å². The van der Waals surface area contributed by atoms with Crippen LogP contribution in [-0.4, -0.2) is 5.60 Å². The molecule has 0 aliphatic heterocycles. The van der Waals surface area contributed by atoms with E-state index < -0.39 is 0 Å². The van der Waals surface area contributed by atoms with Crippen molar-refractivity contribution in [2.45, 2.75) is 39.3 Å². The molecular weight excluding hydrogens is 174 g/mol. The van der Waals surface area contributed by atoms with Gasteiger partial charge in [-0.05, 0) is 33.3 Å². The Hall–Kier alpha value is -0.860. The number of hydroxylamine groups is 1. The maximum Gasteiger partial charge on any atom is 0.0813 e. The molecule has 1 rings (SSSR count). The second-order valence-corrected chi connectivity index (χ2v) is 4.46. The van der Waals surface area contributed by atoms with E-state index in [2.05, 4.69) is 24.5 Å². The minimum atomic E-state index is -0.150. The Morgan fingerprint density at radius 2 is 1.71 bits per heavy atom. The van der Waals surface area contributed by atoms with E-state index in [9.17, 15) is 0 Å². The summed E-state index contributed by atoms with van der Waals surface area (Å²) in [7, 11) is 0. The van der Waals surface area contributed by atoms with Gasteiger partial charge in [0.1, 0.15) is 0 Å². The lowest BCUT2D eigenvalue weighted by atomic mass is 10.1. The van der Waals surface area contributed by atoms with Crippen LogP contribution in [-0.2, 0) is 4.84 Å². The van der Waals surface area contributed by atoms with Crippen LogP contribution in [0.2, 0.25) is 0 Å². The van der Waals surface area contributed by atoms with Crippen LogP contribution >= 0.6 is 0 Å². The van der Waals surface area contributed by atoms with Gasteiger partial charge in [0.25, 0.3) is 0 Å². The summed E-state index contributed by atoms with van der Waals surface area (Å²) in [4.78, 5) is 5.50. The van der Waals surface area contributed by atoms with Crippen LogP contribution in [0.3, 0.4) is 0 Å². The van der Waals surface area contributed by atoms with Crippen LogP contribution in [0.1, 0.15) is 39.3 Å². The molecule has 0 heterocycles. The molecular formula is C12H19NO. The van der Waals surface area contributed by atoms with Gasteiger partial charge in [0, 0.05) is 0 Å². The number of nitrogens with one attached hydrogen (secondary N) is 1. The third-order valence-electron chi connectivity index (χ3n) is 1.84. The third-order valence-corrected chi connectivity index (χ3v) is 1.84. The Morgan fingerprint density at radius 1 is 1.14 bits per heavy atom. The predicted molar refractivity (Wildman–Crippen MR) is 58.8 cm³/mol. The Balaban J connectivity index is 2.48. The van der Waals surface area contributed by atoms with Crippen LogP contribution in [0.15, 0.2) is 30.3 Å². The van der Waals surface area contributed by atoms with Crippen molar-refractivity contribution in [3.8, 4) is 0 Å². The van der Waals surface area contributed by atoms with Crippen molar-refractivity contribution in [2.75, 3.05) is 0 Å². The second kappa shape index (κ2) is 4.58. The molecule has 1 unspecified atom stereocenters. The molecule has 0 aliphatic carbocycles. The normalized spacial score (nSPS) is 14.0. The van der Waals surface area contributed by atoms with E-state index in [-0.39, 0.29) is 11.6 Å². The van der Waals surface area contributed by atoms with Crippen LogP contribution in [0.4, 0.5) is 0 Å². The van der Waals surface area contributed by atoms with Gasteiger partial charge in [-0.25, -0.2) is 0 Å². The Labute approximate surface area is 86.2 Å². The quantitative estimate of drug-likeness (QED) is 0.745. The van der Waals surface area contributed by atoms with Crippen molar-refractivity contribution < 1.29 is 4.84 Å². The van der Waals surface area contributed by atoms with Crippen molar-refractivity contribution in [2.24, 2.45) is 0 Å². The molecule has 0 bridgehead atoms. The van der Waals surface area contributed by atoms with Crippen molar-refractivity contribution in [3.63, 3.8) is 0 Å². The highest BCUT2D eigenvalue weighted by Gasteiger charge is 2.12. The van der Waals surface area contributed by atoms with Gasteiger partial charge in [-0.3, -0.25) is 4.84 Å². The number of benzene rings is 1. The van der Waals surface area contributed by atoms with Crippen molar-refractivity contribution >= 4 is 0 Å². The summed E-state index contributed by atoms with van der Waals surface area (Å²) in [6, 6.07) is 10.5. The maximum absolute atomic E-state index is 5.50. The van der Waals surface area contributed by atoms with Crippen LogP contribution in [0.25, 0.3) is 0 Å². The lowest BCUT2D eigenvalue weighted by Crippen LogP contribution is -2.30. The number of hydrogen-bond donors (Lipinski definition) is 1. The first-order chi connectivity index (χ1) is 6.49. The van der Waals surface area contributed by atoms with Crippen molar-refractivity contribution in [1.82, 2.24) is 5.48 Å². The molecule has 78 valence electrons. The maximum atomic E-state index is 5.50. The topological polar surface area (TPSA) is 21.3 Å². The number of hydrogen-bond acceptors (Lipinski definition) is 2. The molecule has 2 nitrogen and oxygen atoms in total. The van der Waals surface area contributed by atoms with Gasteiger partial charge >= 0.3 is 0 Å². The van der Waals surface area contributed by atoms with E-state index in [0.717, 1.165) is 0 Å². The van der Waals surface area contributed by atoms with E-state index >= 15 is 0 Å². The van der Waals surface area contributed by atoms with Gasteiger partial charge in [0.2, 0.25) is 0 Å². The summed E-state index contributed by atoms with van der Waals surface area (Å²) in [6.07, 6.45) is 0. The van der Waals surface area contributed by atoms with Gasteiger partial charge in [-0.1, -0.05) is 30.3 Å². The molecule has 14 heavy (non-hydrogen) atoms. The van der Waals surface area contributed by atoms with E-state index in [0.29, 0.717) is 0 Å². The highest BCUT2D eigenvalue weighted by atomic mass is 16.7. The Bertz CT molecular complexity index is 263. The Morgan fingerprint density at radius 3 is 2.21 bits per heavy atom. The molecule has 0 spiro atoms. The molecule has 0 aromatic heterocycles. The smallest absolute Gasteiger partial charge is 0.0813 e. The molecule has 1 aromatic carbocycles. The molecule has 1 aromatic rings. The largest absolute Gasteiger partial charge is 0.296 e. The zero-order valence-electron chi connectivity index (χ0n) is 9.37. The minimum absolute atomic E-state index is 0.150. The highest BCUT2D eigenvalue weighted by Crippen LogP contribution is 2.13. The highest BCUT2D eigenvalue weighted by molar-refractivity contribution is 5.17. The fourth-order valence-electron chi connectivity index (χ4n) is 1.07. The first kappa shape index (κ1) is 11.2. The summed E-state index contributed by atoms with van der Waals surface area (Å²) in [5.41, 5.74) is 4.12. The van der Waals surface area contributed by atoms with E-state index in [1.54, 1.807) is 0 Å². The summed E-state index contributed by atoms with van der Waals surface area (Å²) >= 11 is 0. The van der Waals surface area contributed by atoms with Gasteiger partial charge in [-0.2, -0.15) is 5.48 Å². The molecule has 1 N–H and O–H groups in total. The van der Waals surface area contributed by atoms with Gasteiger partial charge < -0.3 is 0 Å². The van der Waals surface area contributed by atoms with Gasteiger partial charge in [0.05, 0.1) is 11.6 Å².